The number of aryl methyl sites for hydroxylation is 1. The number of thiazole rings is 1. The van der Waals surface area contributed by atoms with E-state index in [-0.39, 0.29) is 0 Å². The molecule has 21 heavy (non-hydrogen) atoms. The summed E-state index contributed by atoms with van der Waals surface area (Å²) >= 11 is 1.67. The molecule has 0 spiro atoms. The Morgan fingerprint density at radius 2 is 1.95 bits per heavy atom. The van der Waals surface area contributed by atoms with Gasteiger partial charge in [0.1, 0.15) is 0 Å². The lowest BCUT2D eigenvalue weighted by molar-refractivity contribution is 0.551. The molecule has 2 rings (SSSR count). The highest BCUT2D eigenvalue weighted by molar-refractivity contribution is 7.09. The first-order valence-electron chi connectivity index (χ1n) is 7.18. The Hall–Kier alpha value is -1.53. The van der Waals surface area contributed by atoms with Gasteiger partial charge in [-0.2, -0.15) is 0 Å². The molecule has 1 N–H and O–H groups in total. The van der Waals surface area contributed by atoms with Crippen LogP contribution in [0.2, 0.25) is 0 Å². The fourth-order valence-electron chi connectivity index (χ4n) is 1.91. The number of nitrogens with zero attached hydrogens (tertiary/aromatic N) is 4. The summed E-state index contributed by atoms with van der Waals surface area (Å²) in [5, 5.41) is 3.39. The van der Waals surface area contributed by atoms with Gasteiger partial charge in [-0.05, 0) is 19.4 Å². The molecule has 0 aromatic carbocycles. The standard InChI is InChI=1S/C15H23N5S/c1-11(2)5-16-6-13-7-17-15(18-8-13)20(4)9-14-12(3)19-10-21-14/h7-8,10-11,16H,5-6,9H2,1-4H3. The molecule has 0 aliphatic heterocycles. The molecule has 0 amide bonds. The molecule has 2 heterocycles. The molecular weight excluding hydrogens is 282 g/mol. The number of hydrogen-bond acceptors (Lipinski definition) is 6. The van der Waals surface area contributed by atoms with E-state index in [1.54, 1.807) is 11.3 Å². The van der Waals surface area contributed by atoms with Crippen molar-refractivity contribution in [2.24, 2.45) is 5.92 Å². The summed E-state index contributed by atoms with van der Waals surface area (Å²) in [7, 11) is 2.01. The summed E-state index contributed by atoms with van der Waals surface area (Å²) in [5.74, 6) is 1.40. The third-order valence-corrected chi connectivity index (χ3v) is 4.06. The number of aromatic nitrogens is 3. The lowest BCUT2D eigenvalue weighted by Gasteiger charge is -2.16. The molecule has 0 aliphatic rings. The van der Waals surface area contributed by atoms with Gasteiger partial charge in [-0.25, -0.2) is 15.0 Å². The second-order valence-electron chi connectivity index (χ2n) is 5.63. The molecule has 0 radical (unpaired) electrons. The summed E-state index contributed by atoms with van der Waals surface area (Å²) in [4.78, 5) is 16.5. The number of anilines is 1. The first-order valence-corrected chi connectivity index (χ1v) is 8.06. The first-order chi connectivity index (χ1) is 10.1. The van der Waals surface area contributed by atoms with Gasteiger partial charge in [-0.15, -0.1) is 11.3 Å². The molecule has 2 aromatic rings. The molecular formula is C15H23N5S. The molecule has 2 aromatic heterocycles. The quantitative estimate of drug-likeness (QED) is 0.852. The molecule has 0 saturated carbocycles. The van der Waals surface area contributed by atoms with Crippen molar-refractivity contribution in [3.8, 4) is 0 Å². The summed E-state index contributed by atoms with van der Waals surface area (Å²) < 4.78 is 0. The van der Waals surface area contributed by atoms with Crippen LogP contribution in [-0.2, 0) is 13.1 Å². The zero-order valence-corrected chi connectivity index (χ0v) is 13.9. The molecule has 0 saturated heterocycles. The molecule has 0 atom stereocenters. The third kappa shape index (κ3) is 4.75. The van der Waals surface area contributed by atoms with Crippen molar-refractivity contribution in [3.05, 3.63) is 34.0 Å². The van der Waals surface area contributed by atoms with Gasteiger partial charge in [-0.1, -0.05) is 13.8 Å². The lowest BCUT2D eigenvalue weighted by atomic mass is 10.2. The monoisotopic (exact) mass is 305 g/mol. The first kappa shape index (κ1) is 15.9. The molecule has 0 unspecified atom stereocenters. The van der Waals surface area contributed by atoms with Gasteiger partial charge in [0, 0.05) is 36.4 Å². The second-order valence-corrected chi connectivity index (χ2v) is 6.57. The van der Waals surface area contributed by atoms with Crippen molar-refractivity contribution in [1.82, 2.24) is 20.3 Å². The minimum atomic E-state index is 0.652. The molecule has 6 heteroatoms. The average molecular weight is 305 g/mol. The number of rotatable bonds is 7. The van der Waals surface area contributed by atoms with Crippen LogP contribution in [0, 0.1) is 12.8 Å². The van der Waals surface area contributed by atoms with E-state index >= 15 is 0 Å². The minimum Gasteiger partial charge on any atom is -0.339 e. The fourth-order valence-corrected chi connectivity index (χ4v) is 2.74. The van der Waals surface area contributed by atoms with Gasteiger partial charge in [0.25, 0.3) is 0 Å². The van der Waals surface area contributed by atoms with Crippen molar-refractivity contribution in [3.63, 3.8) is 0 Å². The Balaban J connectivity index is 1.90. The van der Waals surface area contributed by atoms with Crippen LogP contribution < -0.4 is 10.2 Å². The normalized spacial score (nSPS) is 11.1. The van der Waals surface area contributed by atoms with Crippen molar-refractivity contribution in [1.29, 1.82) is 0 Å². The van der Waals surface area contributed by atoms with Crippen molar-refractivity contribution >= 4 is 17.3 Å². The van der Waals surface area contributed by atoms with E-state index in [2.05, 4.69) is 34.1 Å². The maximum absolute atomic E-state index is 4.45. The number of hydrogen-bond donors (Lipinski definition) is 1. The van der Waals surface area contributed by atoms with Crippen LogP contribution in [-0.4, -0.2) is 28.5 Å². The van der Waals surface area contributed by atoms with Crippen LogP contribution in [0.15, 0.2) is 17.9 Å². The highest BCUT2D eigenvalue weighted by atomic mass is 32.1. The zero-order valence-electron chi connectivity index (χ0n) is 13.1. The second kappa shape index (κ2) is 7.47. The SMILES string of the molecule is Cc1ncsc1CN(C)c1ncc(CNCC(C)C)cn1. The maximum atomic E-state index is 4.45. The van der Waals surface area contributed by atoms with Gasteiger partial charge >= 0.3 is 0 Å². The van der Waals surface area contributed by atoms with Crippen molar-refractivity contribution in [2.75, 3.05) is 18.5 Å². The number of nitrogens with one attached hydrogen (secondary N) is 1. The minimum absolute atomic E-state index is 0.652. The molecule has 0 aliphatic carbocycles. The summed E-state index contributed by atoms with van der Waals surface area (Å²) in [6.45, 7) is 9.04. The summed E-state index contributed by atoms with van der Waals surface area (Å²) in [6, 6.07) is 0. The lowest BCUT2D eigenvalue weighted by Crippen LogP contribution is -2.21. The molecule has 114 valence electrons. The average Bonchev–Trinajstić information content (AvgIpc) is 2.84. The van der Waals surface area contributed by atoms with E-state index in [4.69, 9.17) is 0 Å². The smallest absolute Gasteiger partial charge is 0.225 e. The van der Waals surface area contributed by atoms with Crippen LogP contribution in [0.1, 0.15) is 30.0 Å². The summed E-state index contributed by atoms with van der Waals surface area (Å²) in [5.41, 5.74) is 4.08. The van der Waals surface area contributed by atoms with Gasteiger partial charge in [0.05, 0.1) is 17.7 Å². The maximum Gasteiger partial charge on any atom is 0.225 e. The zero-order chi connectivity index (χ0) is 15.2. The van der Waals surface area contributed by atoms with Crippen LogP contribution >= 0.6 is 11.3 Å². The Bertz CT molecular complexity index is 549. The summed E-state index contributed by atoms with van der Waals surface area (Å²) in [6.07, 6.45) is 3.79. The Kier molecular flexibility index (Phi) is 5.64. The van der Waals surface area contributed by atoms with E-state index in [0.29, 0.717) is 5.92 Å². The van der Waals surface area contributed by atoms with Gasteiger partial charge in [-0.3, -0.25) is 0 Å². The largest absolute Gasteiger partial charge is 0.339 e. The molecule has 5 nitrogen and oxygen atoms in total. The van der Waals surface area contributed by atoms with E-state index in [1.165, 1.54) is 4.88 Å². The van der Waals surface area contributed by atoms with E-state index in [0.717, 1.165) is 36.8 Å². The van der Waals surface area contributed by atoms with Gasteiger partial charge in [0.15, 0.2) is 0 Å². The third-order valence-electron chi connectivity index (χ3n) is 3.14. The predicted octanol–water partition coefficient (Wildman–Crippen LogP) is 2.62. The highest BCUT2D eigenvalue weighted by Crippen LogP contribution is 2.16. The van der Waals surface area contributed by atoms with Crippen LogP contribution in [0.5, 0.6) is 0 Å². The van der Waals surface area contributed by atoms with Crippen LogP contribution in [0.3, 0.4) is 0 Å². The van der Waals surface area contributed by atoms with Gasteiger partial charge < -0.3 is 10.2 Å². The van der Waals surface area contributed by atoms with E-state index in [1.807, 2.05) is 36.8 Å². The molecule has 0 bridgehead atoms. The Morgan fingerprint density at radius 3 is 2.52 bits per heavy atom. The predicted molar refractivity (Wildman–Crippen MR) is 87.5 cm³/mol. The van der Waals surface area contributed by atoms with E-state index in [9.17, 15) is 0 Å². The van der Waals surface area contributed by atoms with Crippen LogP contribution in [0.4, 0.5) is 5.95 Å². The van der Waals surface area contributed by atoms with Gasteiger partial charge in [0.2, 0.25) is 5.95 Å². The van der Waals surface area contributed by atoms with Crippen molar-refractivity contribution in [2.45, 2.75) is 33.9 Å². The highest BCUT2D eigenvalue weighted by Gasteiger charge is 2.09. The van der Waals surface area contributed by atoms with Crippen LogP contribution in [0.25, 0.3) is 0 Å². The topological polar surface area (TPSA) is 53.9 Å². The van der Waals surface area contributed by atoms with Crippen molar-refractivity contribution < 1.29 is 0 Å². The fraction of sp³-hybridized carbons (Fsp3) is 0.533. The van der Waals surface area contributed by atoms with E-state index < -0.39 is 0 Å². The Morgan fingerprint density at radius 1 is 1.24 bits per heavy atom. The Labute approximate surface area is 130 Å². The molecule has 0 fully saturated rings.